The summed E-state index contributed by atoms with van der Waals surface area (Å²) >= 11 is 0. The van der Waals surface area contributed by atoms with Crippen molar-refractivity contribution in [3.63, 3.8) is 0 Å². The van der Waals surface area contributed by atoms with Gasteiger partial charge in [-0.15, -0.1) is 0 Å². The molecule has 1 fully saturated rings. The van der Waals surface area contributed by atoms with Crippen LogP contribution in [0.3, 0.4) is 0 Å². The van der Waals surface area contributed by atoms with E-state index in [2.05, 4.69) is 17.6 Å². The van der Waals surface area contributed by atoms with Crippen LogP contribution >= 0.6 is 0 Å². The largest absolute Gasteiger partial charge is 0.444 e. The molecule has 0 saturated carbocycles. The van der Waals surface area contributed by atoms with Crippen molar-refractivity contribution in [3.05, 3.63) is 30.1 Å². The standard InChI is InChI=1S/C13H17FN2O2/c1-9-6-7-15-8-12(9)18-13(17)16-11-4-2-10(14)3-5-11/h2-5,9,12,15H,6-8H2,1H3,(H,16,17). The van der Waals surface area contributed by atoms with Gasteiger partial charge in [-0.25, -0.2) is 9.18 Å². The van der Waals surface area contributed by atoms with Crippen LogP contribution in [0.2, 0.25) is 0 Å². The number of hydrogen-bond acceptors (Lipinski definition) is 3. The van der Waals surface area contributed by atoms with Gasteiger partial charge in [0.25, 0.3) is 0 Å². The third-order valence-electron chi connectivity index (χ3n) is 3.11. The van der Waals surface area contributed by atoms with Gasteiger partial charge >= 0.3 is 6.09 Å². The number of nitrogens with one attached hydrogen (secondary N) is 2. The van der Waals surface area contributed by atoms with Crippen molar-refractivity contribution in [2.45, 2.75) is 19.4 Å². The summed E-state index contributed by atoms with van der Waals surface area (Å²) in [6, 6.07) is 5.58. The zero-order valence-corrected chi connectivity index (χ0v) is 10.3. The highest BCUT2D eigenvalue weighted by Crippen LogP contribution is 2.16. The molecule has 2 N–H and O–H groups in total. The maximum absolute atomic E-state index is 12.7. The van der Waals surface area contributed by atoms with Crippen LogP contribution in [0, 0.1) is 11.7 Å². The highest BCUT2D eigenvalue weighted by molar-refractivity contribution is 5.84. The summed E-state index contributed by atoms with van der Waals surface area (Å²) in [6.07, 6.45) is 0.385. The summed E-state index contributed by atoms with van der Waals surface area (Å²) in [5.74, 6) is 0.0178. The van der Waals surface area contributed by atoms with Crippen molar-refractivity contribution < 1.29 is 13.9 Å². The van der Waals surface area contributed by atoms with Crippen molar-refractivity contribution in [1.82, 2.24) is 5.32 Å². The number of halogens is 1. The van der Waals surface area contributed by atoms with E-state index in [4.69, 9.17) is 4.74 Å². The van der Waals surface area contributed by atoms with Crippen LogP contribution in [0.25, 0.3) is 0 Å². The third-order valence-corrected chi connectivity index (χ3v) is 3.11. The summed E-state index contributed by atoms with van der Waals surface area (Å²) in [4.78, 5) is 11.7. The van der Waals surface area contributed by atoms with Crippen LogP contribution in [0.5, 0.6) is 0 Å². The average molecular weight is 252 g/mol. The number of hydrogen-bond donors (Lipinski definition) is 2. The highest BCUT2D eigenvalue weighted by Gasteiger charge is 2.24. The molecule has 1 aromatic rings. The first-order chi connectivity index (χ1) is 8.65. The number of rotatable bonds is 2. The smallest absolute Gasteiger partial charge is 0.411 e. The Kier molecular flexibility index (Phi) is 4.15. The monoisotopic (exact) mass is 252 g/mol. The second-order valence-corrected chi connectivity index (χ2v) is 4.55. The summed E-state index contributed by atoms with van der Waals surface area (Å²) in [5, 5.41) is 5.77. The Morgan fingerprint density at radius 1 is 1.44 bits per heavy atom. The Balaban J connectivity index is 1.86. The van der Waals surface area contributed by atoms with Gasteiger partial charge in [-0.3, -0.25) is 5.32 Å². The zero-order valence-electron chi connectivity index (χ0n) is 10.3. The van der Waals surface area contributed by atoms with Crippen molar-refractivity contribution >= 4 is 11.8 Å². The van der Waals surface area contributed by atoms with Crippen molar-refractivity contribution in [2.24, 2.45) is 5.92 Å². The molecule has 18 heavy (non-hydrogen) atoms. The molecule has 1 saturated heterocycles. The number of amides is 1. The Morgan fingerprint density at radius 3 is 2.83 bits per heavy atom. The minimum Gasteiger partial charge on any atom is -0.444 e. The fourth-order valence-corrected chi connectivity index (χ4v) is 1.94. The summed E-state index contributed by atoms with van der Waals surface area (Å²) in [5.41, 5.74) is 0.526. The number of anilines is 1. The molecule has 5 heteroatoms. The maximum atomic E-state index is 12.7. The molecule has 1 amide bonds. The minimum atomic E-state index is -0.498. The van der Waals surface area contributed by atoms with Gasteiger partial charge in [-0.2, -0.15) is 0 Å². The third kappa shape index (κ3) is 3.43. The lowest BCUT2D eigenvalue weighted by Crippen LogP contribution is -2.42. The first-order valence-electron chi connectivity index (χ1n) is 6.09. The van der Waals surface area contributed by atoms with Crippen LogP contribution in [0.1, 0.15) is 13.3 Å². The second kappa shape index (κ2) is 5.82. The molecule has 1 heterocycles. The average Bonchev–Trinajstić information content (AvgIpc) is 2.35. The lowest BCUT2D eigenvalue weighted by atomic mass is 9.97. The normalized spacial score (nSPS) is 23.4. The molecule has 0 aromatic heterocycles. The number of benzene rings is 1. The van der Waals surface area contributed by atoms with E-state index in [0.717, 1.165) is 13.0 Å². The maximum Gasteiger partial charge on any atom is 0.411 e. The minimum absolute atomic E-state index is 0.112. The topological polar surface area (TPSA) is 50.4 Å². The Labute approximate surface area is 106 Å². The molecule has 4 nitrogen and oxygen atoms in total. The Bertz CT molecular complexity index is 408. The van der Waals surface area contributed by atoms with E-state index >= 15 is 0 Å². The van der Waals surface area contributed by atoms with Gasteiger partial charge in [-0.05, 0) is 43.1 Å². The summed E-state index contributed by atoms with van der Waals surface area (Å²) in [7, 11) is 0. The fraction of sp³-hybridized carbons (Fsp3) is 0.462. The number of carbonyl (C=O) groups is 1. The molecule has 98 valence electrons. The van der Waals surface area contributed by atoms with E-state index in [0.29, 0.717) is 18.2 Å². The number of carbonyl (C=O) groups excluding carboxylic acids is 1. The molecular formula is C13H17FN2O2. The molecule has 0 radical (unpaired) electrons. The quantitative estimate of drug-likeness (QED) is 0.849. The second-order valence-electron chi connectivity index (χ2n) is 4.55. The predicted molar refractivity (Wildman–Crippen MR) is 66.9 cm³/mol. The van der Waals surface area contributed by atoms with Gasteiger partial charge in [0, 0.05) is 12.2 Å². The van der Waals surface area contributed by atoms with Gasteiger partial charge in [0.1, 0.15) is 11.9 Å². The SMILES string of the molecule is CC1CCNCC1OC(=O)Nc1ccc(F)cc1. The Morgan fingerprint density at radius 2 is 2.17 bits per heavy atom. The molecular weight excluding hydrogens is 235 g/mol. The van der Waals surface area contributed by atoms with Crippen molar-refractivity contribution in [2.75, 3.05) is 18.4 Å². The highest BCUT2D eigenvalue weighted by atomic mass is 19.1. The first-order valence-corrected chi connectivity index (χ1v) is 6.09. The number of ether oxygens (including phenoxy) is 1. The molecule has 0 spiro atoms. The van der Waals surface area contributed by atoms with E-state index in [-0.39, 0.29) is 11.9 Å². The molecule has 1 aromatic carbocycles. The van der Waals surface area contributed by atoms with Crippen LogP contribution in [-0.2, 0) is 4.74 Å². The fourth-order valence-electron chi connectivity index (χ4n) is 1.94. The van der Waals surface area contributed by atoms with Crippen LogP contribution in [0.4, 0.5) is 14.9 Å². The lowest BCUT2D eigenvalue weighted by molar-refractivity contribution is 0.0614. The Hall–Kier alpha value is -1.62. The molecule has 1 aliphatic rings. The van der Waals surface area contributed by atoms with E-state index in [1.807, 2.05) is 0 Å². The van der Waals surface area contributed by atoms with Crippen LogP contribution < -0.4 is 10.6 Å². The van der Waals surface area contributed by atoms with Crippen LogP contribution in [-0.4, -0.2) is 25.3 Å². The van der Waals surface area contributed by atoms with E-state index in [9.17, 15) is 9.18 Å². The molecule has 0 aliphatic carbocycles. The molecule has 1 aliphatic heterocycles. The summed E-state index contributed by atoms with van der Waals surface area (Å²) < 4.78 is 18.0. The van der Waals surface area contributed by atoms with E-state index in [1.165, 1.54) is 24.3 Å². The predicted octanol–water partition coefficient (Wildman–Crippen LogP) is 2.37. The van der Waals surface area contributed by atoms with Crippen molar-refractivity contribution in [3.8, 4) is 0 Å². The summed E-state index contributed by atoms with van der Waals surface area (Å²) in [6.45, 7) is 3.70. The van der Waals surface area contributed by atoms with Gasteiger partial charge in [0.05, 0.1) is 0 Å². The molecule has 2 atom stereocenters. The van der Waals surface area contributed by atoms with Gasteiger partial charge in [-0.1, -0.05) is 6.92 Å². The first kappa shape index (κ1) is 12.8. The van der Waals surface area contributed by atoms with Crippen LogP contribution in [0.15, 0.2) is 24.3 Å². The van der Waals surface area contributed by atoms with Gasteiger partial charge < -0.3 is 10.1 Å². The van der Waals surface area contributed by atoms with Crippen molar-refractivity contribution in [1.29, 1.82) is 0 Å². The number of piperidine rings is 1. The van der Waals surface area contributed by atoms with E-state index < -0.39 is 6.09 Å². The van der Waals surface area contributed by atoms with E-state index in [1.54, 1.807) is 0 Å². The molecule has 0 bridgehead atoms. The van der Waals surface area contributed by atoms with Gasteiger partial charge in [0.2, 0.25) is 0 Å². The molecule has 2 rings (SSSR count). The van der Waals surface area contributed by atoms with Gasteiger partial charge in [0.15, 0.2) is 0 Å². The zero-order chi connectivity index (χ0) is 13.0. The molecule has 2 unspecified atom stereocenters. The lowest BCUT2D eigenvalue weighted by Gasteiger charge is -2.29.